The monoisotopic (exact) mass is 486 g/mol. The summed E-state index contributed by atoms with van der Waals surface area (Å²) in [7, 11) is -3.85. The number of rotatable bonds is 9. The van der Waals surface area contributed by atoms with Gasteiger partial charge in [-0.3, -0.25) is 4.79 Å². The minimum Gasteiger partial charge on any atom is -0.488 e. The maximum absolute atomic E-state index is 14.3. The number of sulfonamides is 1. The fourth-order valence-corrected chi connectivity index (χ4v) is 4.86. The number of piperazine rings is 1. The second kappa shape index (κ2) is 10.4. The number of halogens is 2. The molecule has 0 amide bonds. The van der Waals surface area contributed by atoms with E-state index in [1.165, 1.54) is 16.4 Å². The Morgan fingerprint density at radius 3 is 2.44 bits per heavy atom. The first-order valence-electron chi connectivity index (χ1n) is 9.91. The lowest BCUT2D eigenvalue weighted by Crippen LogP contribution is -2.48. The highest BCUT2D eigenvalue weighted by Crippen LogP contribution is 2.31. The van der Waals surface area contributed by atoms with E-state index in [2.05, 4.69) is 4.74 Å². The third-order valence-electron chi connectivity index (χ3n) is 4.77. The van der Waals surface area contributed by atoms with Gasteiger partial charge in [-0.05, 0) is 44.2 Å². The highest BCUT2D eigenvalue weighted by atomic mass is 35.5. The van der Waals surface area contributed by atoms with Gasteiger partial charge in [0.05, 0.1) is 16.0 Å². The predicted molar refractivity (Wildman–Crippen MR) is 117 cm³/mol. The number of benzene rings is 2. The molecule has 2 aromatic rings. The van der Waals surface area contributed by atoms with E-state index < -0.39 is 15.8 Å². The summed E-state index contributed by atoms with van der Waals surface area (Å²) in [6.07, 6.45) is -0.226. The minimum atomic E-state index is -3.85. The molecule has 32 heavy (non-hydrogen) atoms. The Kier molecular flexibility index (Phi) is 7.81. The smallest absolute Gasteiger partial charge is 0.295 e. The molecule has 0 unspecified atom stereocenters. The van der Waals surface area contributed by atoms with Crippen LogP contribution in [0, 0.1) is 5.82 Å². The molecule has 0 bridgehead atoms. The van der Waals surface area contributed by atoms with Gasteiger partial charge >= 0.3 is 0 Å². The van der Waals surface area contributed by atoms with Crippen LogP contribution in [0.5, 0.6) is 11.5 Å². The first-order valence-corrected chi connectivity index (χ1v) is 11.7. The molecule has 11 heteroatoms. The number of anilines is 1. The van der Waals surface area contributed by atoms with Crippen LogP contribution < -0.4 is 14.4 Å². The second-order valence-corrected chi connectivity index (χ2v) is 9.63. The molecule has 1 aliphatic rings. The first kappa shape index (κ1) is 24.1. The molecule has 1 aliphatic heterocycles. The quantitative estimate of drug-likeness (QED) is 0.305. The summed E-state index contributed by atoms with van der Waals surface area (Å²) in [4.78, 5) is 12.1. The lowest BCUT2D eigenvalue weighted by Gasteiger charge is -2.35. The van der Waals surface area contributed by atoms with Gasteiger partial charge in [-0.15, -0.1) is 0 Å². The summed E-state index contributed by atoms with van der Waals surface area (Å²) in [6.45, 7) is 4.81. The van der Waals surface area contributed by atoms with E-state index in [0.717, 1.165) is 11.8 Å². The Morgan fingerprint density at radius 2 is 1.81 bits per heavy atom. The van der Waals surface area contributed by atoms with Crippen molar-refractivity contribution in [3.63, 3.8) is 0 Å². The van der Waals surface area contributed by atoms with Crippen LogP contribution in [-0.2, 0) is 19.6 Å². The van der Waals surface area contributed by atoms with Crippen molar-refractivity contribution in [3.8, 4) is 11.5 Å². The molecule has 0 atom stereocenters. The Bertz CT molecular complexity index is 1060. The maximum Gasteiger partial charge on any atom is 0.295 e. The SMILES string of the molecule is CC(C)Oc1ccc(S(=O)(=O)N2CCN(c3ccc(Cl)c(OCOC=O)c3)CC2)cc1F. The summed E-state index contributed by atoms with van der Waals surface area (Å²) in [6, 6.07) is 8.82. The second-order valence-electron chi connectivity index (χ2n) is 7.29. The summed E-state index contributed by atoms with van der Waals surface area (Å²) < 4.78 is 56.8. The number of hydrogen-bond acceptors (Lipinski definition) is 7. The van der Waals surface area contributed by atoms with Crippen molar-refractivity contribution in [1.82, 2.24) is 4.31 Å². The van der Waals surface area contributed by atoms with Crippen molar-refractivity contribution in [2.24, 2.45) is 0 Å². The molecule has 8 nitrogen and oxygen atoms in total. The lowest BCUT2D eigenvalue weighted by molar-refractivity contribution is -0.134. The van der Waals surface area contributed by atoms with Gasteiger partial charge in [0, 0.05) is 37.9 Å². The fraction of sp³-hybridized carbons (Fsp3) is 0.381. The van der Waals surface area contributed by atoms with Gasteiger partial charge in [0.2, 0.25) is 16.8 Å². The Morgan fingerprint density at radius 1 is 1.09 bits per heavy atom. The summed E-state index contributed by atoms with van der Waals surface area (Å²) in [5, 5.41) is 0.358. The molecular formula is C21H24ClFN2O6S. The van der Waals surface area contributed by atoms with Crippen molar-refractivity contribution in [2.75, 3.05) is 37.9 Å². The normalized spacial score (nSPS) is 15.0. The molecular weight excluding hydrogens is 463 g/mol. The van der Waals surface area contributed by atoms with Gasteiger partial charge in [0.1, 0.15) is 5.75 Å². The first-order chi connectivity index (χ1) is 15.2. The summed E-state index contributed by atoms with van der Waals surface area (Å²) in [5.74, 6) is -0.353. The molecule has 0 aromatic heterocycles. The molecule has 0 aliphatic carbocycles. The van der Waals surface area contributed by atoms with Gasteiger partial charge in [-0.2, -0.15) is 4.31 Å². The van der Waals surface area contributed by atoms with Crippen molar-refractivity contribution in [2.45, 2.75) is 24.8 Å². The van der Waals surface area contributed by atoms with E-state index in [1.54, 1.807) is 32.0 Å². The molecule has 1 fully saturated rings. The van der Waals surface area contributed by atoms with E-state index in [4.69, 9.17) is 21.1 Å². The topological polar surface area (TPSA) is 85.4 Å². The zero-order valence-corrected chi connectivity index (χ0v) is 19.2. The minimum absolute atomic E-state index is 0.0167. The van der Waals surface area contributed by atoms with E-state index in [1.807, 2.05) is 4.90 Å². The zero-order valence-electron chi connectivity index (χ0n) is 17.7. The van der Waals surface area contributed by atoms with Crippen LogP contribution >= 0.6 is 11.6 Å². The largest absolute Gasteiger partial charge is 0.488 e. The number of nitrogens with zero attached hydrogens (tertiary/aromatic N) is 2. The van der Waals surface area contributed by atoms with Crippen LogP contribution in [0.25, 0.3) is 0 Å². The maximum atomic E-state index is 14.3. The standard InChI is InChI=1S/C21H24ClFN2O6S/c1-15(2)31-20-6-4-17(12-19(20)23)32(27,28)25-9-7-24(8-10-25)16-3-5-18(22)21(11-16)30-14-29-13-26/h3-6,11-13,15H,7-10,14H2,1-2H3. The van der Waals surface area contributed by atoms with Crippen molar-refractivity contribution < 1.29 is 31.8 Å². The van der Waals surface area contributed by atoms with Crippen LogP contribution in [0.3, 0.4) is 0 Å². The Balaban J connectivity index is 1.68. The van der Waals surface area contributed by atoms with Crippen molar-refractivity contribution in [1.29, 1.82) is 0 Å². The third-order valence-corrected chi connectivity index (χ3v) is 6.98. The number of carbonyl (C=O) groups excluding carboxylic acids is 1. The van der Waals surface area contributed by atoms with E-state index in [-0.39, 0.29) is 43.1 Å². The highest BCUT2D eigenvalue weighted by molar-refractivity contribution is 7.89. The zero-order chi connectivity index (χ0) is 23.3. The average Bonchev–Trinajstić information content (AvgIpc) is 2.76. The van der Waals surface area contributed by atoms with Crippen molar-refractivity contribution >= 4 is 33.8 Å². The Hall–Kier alpha value is -2.56. The van der Waals surface area contributed by atoms with E-state index >= 15 is 0 Å². The van der Waals surface area contributed by atoms with Gasteiger partial charge in [-0.25, -0.2) is 12.8 Å². The number of hydrogen-bond donors (Lipinski definition) is 0. The van der Waals surface area contributed by atoms with Crippen LogP contribution in [0.1, 0.15) is 13.8 Å². The molecule has 0 spiro atoms. The van der Waals surface area contributed by atoms with Crippen LogP contribution in [0.15, 0.2) is 41.3 Å². The van der Waals surface area contributed by atoms with E-state index in [9.17, 15) is 17.6 Å². The molecule has 0 N–H and O–H groups in total. The summed E-state index contributed by atoms with van der Waals surface area (Å²) in [5.41, 5.74) is 0.786. The lowest BCUT2D eigenvalue weighted by atomic mass is 10.2. The third kappa shape index (κ3) is 5.62. The van der Waals surface area contributed by atoms with Crippen molar-refractivity contribution in [3.05, 3.63) is 47.2 Å². The number of ether oxygens (including phenoxy) is 3. The van der Waals surface area contributed by atoms with E-state index in [0.29, 0.717) is 23.9 Å². The molecule has 2 aromatic carbocycles. The van der Waals surface area contributed by atoms with Gasteiger partial charge in [0.15, 0.2) is 11.6 Å². The molecule has 3 rings (SSSR count). The average molecular weight is 487 g/mol. The predicted octanol–water partition coefficient (Wildman–Crippen LogP) is 3.29. The summed E-state index contributed by atoms with van der Waals surface area (Å²) >= 11 is 6.10. The van der Waals surface area contributed by atoms with Gasteiger partial charge < -0.3 is 19.1 Å². The fourth-order valence-electron chi connectivity index (χ4n) is 3.25. The molecule has 174 valence electrons. The highest BCUT2D eigenvalue weighted by Gasteiger charge is 2.29. The molecule has 1 heterocycles. The van der Waals surface area contributed by atoms with Crippen LogP contribution in [0.2, 0.25) is 5.02 Å². The number of carbonyl (C=O) groups is 1. The van der Waals surface area contributed by atoms with Crippen LogP contribution in [-0.4, -0.2) is 58.3 Å². The Labute approximate surface area is 191 Å². The molecule has 0 saturated carbocycles. The van der Waals surface area contributed by atoms with Gasteiger partial charge in [0.25, 0.3) is 6.47 Å². The molecule has 1 saturated heterocycles. The molecule has 0 radical (unpaired) electrons. The van der Waals surface area contributed by atoms with Crippen LogP contribution in [0.4, 0.5) is 10.1 Å². The van der Waals surface area contributed by atoms with Gasteiger partial charge in [-0.1, -0.05) is 11.6 Å².